The van der Waals surface area contributed by atoms with Crippen LogP contribution in [0.25, 0.3) is 0 Å². The molecule has 0 bridgehead atoms. The van der Waals surface area contributed by atoms with E-state index in [1.54, 1.807) is 12.1 Å². The molecule has 168 valence electrons. The van der Waals surface area contributed by atoms with Gasteiger partial charge in [0.15, 0.2) is 0 Å². The topological polar surface area (TPSA) is 155 Å². The van der Waals surface area contributed by atoms with Crippen LogP contribution in [0.3, 0.4) is 0 Å². The van der Waals surface area contributed by atoms with E-state index >= 15 is 0 Å². The van der Waals surface area contributed by atoms with Crippen molar-refractivity contribution in [2.24, 2.45) is 0 Å². The molecule has 0 saturated carbocycles. The van der Waals surface area contributed by atoms with Crippen LogP contribution in [0.4, 0.5) is 0 Å². The first kappa shape index (κ1) is 24.4. The van der Waals surface area contributed by atoms with Gasteiger partial charge in [-0.25, -0.2) is 21.6 Å². The number of aromatic nitrogens is 1. The van der Waals surface area contributed by atoms with Gasteiger partial charge >= 0.3 is 0 Å². The monoisotopic (exact) mass is 469 g/mol. The smallest absolute Gasteiger partial charge is 0.253 e. The van der Waals surface area contributed by atoms with E-state index in [1.807, 2.05) is 6.92 Å². The van der Waals surface area contributed by atoms with Crippen LogP contribution < -0.4 is 15.6 Å². The van der Waals surface area contributed by atoms with E-state index in [-0.39, 0.29) is 22.8 Å². The summed E-state index contributed by atoms with van der Waals surface area (Å²) in [6.07, 6.45) is 2.35. The summed E-state index contributed by atoms with van der Waals surface area (Å²) >= 11 is 0. The lowest BCUT2D eigenvalue weighted by molar-refractivity contribution is -0.128. The van der Waals surface area contributed by atoms with Crippen molar-refractivity contribution in [2.45, 2.75) is 23.1 Å². The molecule has 0 spiro atoms. The highest BCUT2D eigenvalue weighted by molar-refractivity contribution is 7.89. The molecular weight excluding hydrogens is 446 g/mol. The molecular formula is C18H23N5O6S2. The Balaban J connectivity index is 1.77. The van der Waals surface area contributed by atoms with E-state index in [0.29, 0.717) is 0 Å². The van der Waals surface area contributed by atoms with Gasteiger partial charge in [-0.3, -0.25) is 25.4 Å². The first-order chi connectivity index (χ1) is 14.5. The maximum atomic E-state index is 12.5. The van der Waals surface area contributed by atoms with Crippen molar-refractivity contribution in [2.75, 3.05) is 20.1 Å². The third kappa shape index (κ3) is 7.10. The number of rotatable bonds is 9. The van der Waals surface area contributed by atoms with Crippen LogP contribution in [0.15, 0.2) is 58.6 Å². The maximum Gasteiger partial charge on any atom is 0.253 e. The molecule has 1 aromatic heterocycles. The van der Waals surface area contributed by atoms with Gasteiger partial charge in [0.25, 0.3) is 5.91 Å². The Labute approximate surface area is 180 Å². The fourth-order valence-electron chi connectivity index (χ4n) is 2.31. The number of sulfonamides is 2. The molecule has 2 aromatic rings. The molecule has 0 radical (unpaired) electrons. The molecule has 0 fully saturated rings. The van der Waals surface area contributed by atoms with Crippen molar-refractivity contribution in [1.82, 2.24) is 24.9 Å². The number of carbonyl (C=O) groups is 2. The van der Waals surface area contributed by atoms with Crippen molar-refractivity contribution in [3.05, 3.63) is 54.4 Å². The van der Waals surface area contributed by atoms with Crippen molar-refractivity contribution in [1.29, 1.82) is 0 Å². The molecule has 1 aromatic carbocycles. The summed E-state index contributed by atoms with van der Waals surface area (Å²) in [7, 11) is -6.43. The molecule has 2 amide bonds. The molecule has 0 unspecified atom stereocenters. The SMILES string of the molecule is Cc1ccc(S(=O)(=O)N(C)CC(=O)NNC(=O)CCNS(=O)(=O)c2cccnc2)cc1. The van der Waals surface area contributed by atoms with Gasteiger partial charge in [0, 0.05) is 32.4 Å². The van der Waals surface area contributed by atoms with Crippen LogP contribution in [0.1, 0.15) is 12.0 Å². The number of hydrogen-bond acceptors (Lipinski definition) is 7. The predicted molar refractivity (Wildman–Crippen MR) is 111 cm³/mol. The number of aryl methyl sites for hydroxylation is 1. The second kappa shape index (κ2) is 10.4. The molecule has 0 saturated heterocycles. The fourth-order valence-corrected chi connectivity index (χ4v) is 4.43. The second-order valence-corrected chi connectivity index (χ2v) is 10.3. The Morgan fingerprint density at radius 3 is 2.23 bits per heavy atom. The van der Waals surface area contributed by atoms with Gasteiger partial charge < -0.3 is 0 Å². The Morgan fingerprint density at radius 2 is 1.61 bits per heavy atom. The van der Waals surface area contributed by atoms with Crippen molar-refractivity contribution >= 4 is 31.9 Å². The van der Waals surface area contributed by atoms with Gasteiger partial charge in [-0.2, -0.15) is 4.31 Å². The molecule has 2 rings (SSSR count). The largest absolute Gasteiger partial charge is 0.273 e. The normalized spacial score (nSPS) is 11.8. The predicted octanol–water partition coefficient (Wildman–Crippen LogP) is -0.473. The molecule has 0 atom stereocenters. The van der Waals surface area contributed by atoms with Gasteiger partial charge in [0.05, 0.1) is 11.4 Å². The molecule has 31 heavy (non-hydrogen) atoms. The summed E-state index contributed by atoms with van der Waals surface area (Å²) in [4.78, 5) is 27.5. The summed E-state index contributed by atoms with van der Waals surface area (Å²) in [6, 6.07) is 8.98. The van der Waals surface area contributed by atoms with Crippen molar-refractivity contribution in [3.8, 4) is 0 Å². The van der Waals surface area contributed by atoms with Crippen LogP contribution in [0, 0.1) is 6.92 Å². The van der Waals surface area contributed by atoms with Gasteiger partial charge in [-0.05, 0) is 31.2 Å². The second-order valence-electron chi connectivity index (χ2n) is 6.51. The van der Waals surface area contributed by atoms with Crippen LogP contribution in [-0.2, 0) is 29.6 Å². The minimum Gasteiger partial charge on any atom is -0.273 e. The van der Waals surface area contributed by atoms with E-state index in [2.05, 4.69) is 20.6 Å². The van der Waals surface area contributed by atoms with E-state index < -0.39 is 38.4 Å². The van der Waals surface area contributed by atoms with Gasteiger partial charge in [-0.1, -0.05) is 17.7 Å². The lowest BCUT2D eigenvalue weighted by Crippen LogP contribution is -2.47. The zero-order chi connectivity index (χ0) is 23.1. The number of likely N-dealkylation sites (N-methyl/N-ethyl adjacent to an activating group) is 1. The fraction of sp³-hybridized carbons (Fsp3) is 0.278. The van der Waals surface area contributed by atoms with E-state index in [4.69, 9.17) is 0 Å². The highest BCUT2D eigenvalue weighted by Gasteiger charge is 2.23. The molecule has 13 heteroatoms. The van der Waals surface area contributed by atoms with Crippen LogP contribution in [-0.4, -0.2) is 58.1 Å². The number of hydrazine groups is 1. The molecule has 3 N–H and O–H groups in total. The number of nitrogens with zero attached hydrogens (tertiary/aromatic N) is 2. The maximum absolute atomic E-state index is 12.5. The third-order valence-electron chi connectivity index (χ3n) is 4.03. The number of benzene rings is 1. The molecule has 0 aliphatic carbocycles. The molecule has 0 aliphatic heterocycles. The zero-order valence-corrected chi connectivity index (χ0v) is 18.5. The number of hydrogen-bond donors (Lipinski definition) is 3. The quantitative estimate of drug-likeness (QED) is 0.419. The van der Waals surface area contributed by atoms with Crippen LogP contribution >= 0.6 is 0 Å². The Bertz CT molecular complexity index is 1120. The van der Waals surface area contributed by atoms with E-state index in [0.717, 1.165) is 9.87 Å². The average molecular weight is 470 g/mol. The Kier molecular flexibility index (Phi) is 8.21. The van der Waals surface area contributed by atoms with Crippen molar-refractivity contribution in [3.63, 3.8) is 0 Å². The average Bonchev–Trinajstić information content (AvgIpc) is 2.73. The lowest BCUT2D eigenvalue weighted by atomic mass is 10.2. The zero-order valence-electron chi connectivity index (χ0n) is 16.9. The number of nitrogens with one attached hydrogen (secondary N) is 3. The Hall–Kier alpha value is -2.87. The van der Waals surface area contributed by atoms with Crippen molar-refractivity contribution < 1.29 is 26.4 Å². The highest BCUT2D eigenvalue weighted by Crippen LogP contribution is 2.14. The summed E-state index contributed by atoms with van der Waals surface area (Å²) in [5, 5.41) is 0. The summed E-state index contributed by atoms with van der Waals surface area (Å²) in [5.74, 6) is -1.42. The summed E-state index contributed by atoms with van der Waals surface area (Å²) in [6.45, 7) is 1.09. The standard InChI is InChI=1S/C18H23N5O6S2/c1-14-5-7-15(8-6-14)31(28,29)23(2)13-18(25)22-21-17(24)9-11-20-30(26,27)16-4-3-10-19-12-16/h3-8,10,12,20H,9,11,13H2,1-2H3,(H,21,24)(H,22,25). The van der Waals surface area contributed by atoms with Crippen LogP contribution in [0.5, 0.6) is 0 Å². The number of amides is 2. The van der Waals surface area contributed by atoms with Gasteiger partial charge in [0.1, 0.15) is 4.90 Å². The molecule has 1 heterocycles. The lowest BCUT2D eigenvalue weighted by Gasteiger charge is -2.17. The molecule has 0 aliphatic rings. The minimum absolute atomic E-state index is 0.0401. The van der Waals surface area contributed by atoms with E-state index in [9.17, 15) is 26.4 Å². The van der Waals surface area contributed by atoms with Gasteiger partial charge in [-0.15, -0.1) is 0 Å². The summed E-state index contributed by atoms with van der Waals surface area (Å²) in [5.41, 5.74) is 5.09. The number of carbonyl (C=O) groups excluding carboxylic acids is 2. The highest BCUT2D eigenvalue weighted by atomic mass is 32.2. The number of pyridine rings is 1. The third-order valence-corrected chi connectivity index (χ3v) is 7.29. The van der Waals surface area contributed by atoms with Crippen LogP contribution in [0.2, 0.25) is 0 Å². The first-order valence-electron chi connectivity index (χ1n) is 9.03. The summed E-state index contributed by atoms with van der Waals surface area (Å²) < 4.78 is 52.0. The first-order valence-corrected chi connectivity index (χ1v) is 11.9. The van der Waals surface area contributed by atoms with Gasteiger partial charge in [0.2, 0.25) is 26.0 Å². The minimum atomic E-state index is -3.87. The molecule has 11 nitrogen and oxygen atoms in total. The Morgan fingerprint density at radius 1 is 0.968 bits per heavy atom. The van der Waals surface area contributed by atoms with E-state index in [1.165, 1.54) is 43.7 Å².